The molecule has 0 spiro atoms. The van der Waals surface area contributed by atoms with Gasteiger partial charge in [-0.2, -0.15) is 14.6 Å². The first-order valence-electron chi connectivity index (χ1n) is 6.40. The predicted octanol–water partition coefficient (Wildman–Crippen LogP) is 1.93. The third-order valence-electron chi connectivity index (χ3n) is 3.29. The zero-order chi connectivity index (χ0) is 15.0. The summed E-state index contributed by atoms with van der Waals surface area (Å²) < 4.78 is 2.60. The maximum absolute atomic E-state index is 4.42. The number of aryl methyl sites for hydroxylation is 1. The van der Waals surface area contributed by atoms with E-state index in [1.165, 1.54) is 6.33 Å². The Morgan fingerprint density at radius 3 is 2.62 bits per heavy atom. The van der Waals surface area contributed by atoms with Crippen molar-refractivity contribution < 1.29 is 0 Å². The highest BCUT2D eigenvalue weighted by Crippen LogP contribution is 2.22. The molecule has 7 nitrogen and oxygen atoms in total. The first-order valence-corrected chi connectivity index (χ1v) is 7.20. The van der Waals surface area contributed by atoms with Crippen LogP contribution in [0.15, 0.2) is 23.2 Å². The molecule has 0 atom stereocenters. The normalized spacial score (nSPS) is 11.0. The molecule has 3 aromatic rings. The molecule has 8 heteroatoms. The number of hydrogen-bond donors (Lipinski definition) is 0. The number of aromatic nitrogens is 6. The lowest BCUT2D eigenvalue weighted by Crippen LogP contribution is -2.23. The lowest BCUT2D eigenvalue weighted by molar-refractivity contribution is 0.780. The van der Waals surface area contributed by atoms with E-state index in [1.807, 2.05) is 20.9 Å². The number of hydrogen-bond acceptors (Lipinski definition) is 6. The number of fused-ring (bicyclic) bond motifs is 1. The number of anilines is 1. The van der Waals surface area contributed by atoms with Gasteiger partial charge in [0.05, 0.1) is 11.0 Å². The Morgan fingerprint density at radius 1 is 1.19 bits per heavy atom. The van der Waals surface area contributed by atoms with Gasteiger partial charge in [0, 0.05) is 30.7 Å². The highest BCUT2D eigenvalue weighted by molar-refractivity contribution is 9.10. The summed E-state index contributed by atoms with van der Waals surface area (Å²) in [4.78, 5) is 19.2. The zero-order valence-corrected chi connectivity index (χ0v) is 13.5. The van der Waals surface area contributed by atoms with Crippen molar-refractivity contribution in [3.63, 3.8) is 0 Å². The van der Waals surface area contributed by atoms with Gasteiger partial charge in [0.15, 0.2) is 0 Å². The lowest BCUT2D eigenvalue weighted by Gasteiger charge is -2.21. The van der Waals surface area contributed by atoms with E-state index >= 15 is 0 Å². The SMILES string of the molecule is Cc1nc2ncnn2c(N(C)Cc2ncc(Br)cn2)c1C. The summed E-state index contributed by atoms with van der Waals surface area (Å²) >= 11 is 3.34. The Labute approximate surface area is 130 Å². The van der Waals surface area contributed by atoms with Crippen LogP contribution in [0.25, 0.3) is 5.78 Å². The summed E-state index contributed by atoms with van der Waals surface area (Å²) in [6.07, 6.45) is 4.99. The van der Waals surface area contributed by atoms with Gasteiger partial charge in [-0.1, -0.05) is 0 Å². The molecule has 0 saturated heterocycles. The Bertz CT molecular complexity index is 781. The summed E-state index contributed by atoms with van der Waals surface area (Å²) in [7, 11) is 1.98. The van der Waals surface area contributed by atoms with Gasteiger partial charge in [0.25, 0.3) is 5.78 Å². The lowest BCUT2D eigenvalue weighted by atomic mass is 10.2. The van der Waals surface area contributed by atoms with Crippen LogP contribution in [0.2, 0.25) is 0 Å². The van der Waals surface area contributed by atoms with Crippen molar-refractivity contribution in [3.05, 3.63) is 40.3 Å². The molecule has 0 fully saturated rings. The monoisotopic (exact) mass is 347 g/mol. The summed E-state index contributed by atoms with van der Waals surface area (Å²) in [5, 5.41) is 4.25. The fourth-order valence-electron chi connectivity index (χ4n) is 2.17. The van der Waals surface area contributed by atoms with E-state index < -0.39 is 0 Å². The van der Waals surface area contributed by atoms with E-state index in [0.29, 0.717) is 12.3 Å². The van der Waals surface area contributed by atoms with Gasteiger partial charge in [-0.3, -0.25) is 0 Å². The largest absolute Gasteiger partial charge is 0.352 e. The Morgan fingerprint density at radius 2 is 1.90 bits per heavy atom. The highest BCUT2D eigenvalue weighted by atomic mass is 79.9. The molecule has 0 unspecified atom stereocenters. The molecule has 0 aliphatic heterocycles. The number of halogens is 1. The van der Waals surface area contributed by atoms with Crippen molar-refractivity contribution in [2.75, 3.05) is 11.9 Å². The molecule has 0 aromatic carbocycles. The molecule has 0 aliphatic carbocycles. The Hall–Kier alpha value is -2.09. The second-order valence-corrected chi connectivity index (χ2v) is 5.71. The summed E-state index contributed by atoms with van der Waals surface area (Å²) in [6, 6.07) is 0. The van der Waals surface area contributed by atoms with E-state index in [4.69, 9.17) is 0 Å². The maximum Gasteiger partial charge on any atom is 0.254 e. The van der Waals surface area contributed by atoms with Crippen LogP contribution in [0.5, 0.6) is 0 Å². The summed E-state index contributed by atoms with van der Waals surface area (Å²) in [5.74, 6) is 2.28. The van der Waals surface area contributed by atoms with Gasteiger partial charge in [0.1, 0.15) is 18.0 Å². The molecule has 0 N–H and O–H groups in total. The minimum Gasteiger partial charge on any atom is -0.352 e. The Balaban J connectivity index is 2.01. The zero-order valence-electron chi connectivity index (χ0n) is 11.9. The van der Waals surface area contributed by atoms with Gasteiger partial charge in [-0.25, -0.2) is 15.0 Å². The van der Waals surface area contributed by atoms with E-state index in [-0.39, 0.29) is 0 Å². The van der Waals surface area contributed by atoms with Crippen LogP contribution in [0, 0.1) is 13.8 Å². The maximum atomic E-state index is 4.42. The van der Waals surface area contributed by atoms with Crippen molar-refractivity contribution in [1.29, 1.82) is 0 Å². The van der Waals surface area contributed by atoms with Gasteiger partial charge >= 0.3 is 0 Å². The minimum absolute atomic E-state index is 0.576. The average Bonchev–Trinajstić information content (AvgIpc) is 2.90. The van der Waals surface area contributed by atoms with Gasteiger partial charge < -0.3 is 4.90 Å². The molecule has 21 heavy (non-hydrogen) atoms. The smallest absolute Gasteiger partial charge is 0.254 e. The molecule has 0 saturated carbocycles. The molecule has 108 valence electrons. The molecule has 3 heterocycles. The Kier molecular flexibility index (Phi) is 3.54. The topological polar surface area (TPSA) is 72.1 Å². The van der Waals surface area contributed by atoms with Crippen LogP contribution < -0.4 is 4.90 Å². The summed E-state index contributed by atoms with van der Waals surface area (Å²) in [6.45, 7) is 4.57. The quantitative estimate of drug-likeness (QED) is 0.720. The molecule has 3 aromatic heterocycles. The summed E-state index contributed by atoms with van der Waals surface area (Å²) in [5.41, 5.74) is 2.00. The molecule has 0 aliphatic rings. The van der Waals surface area contributed by atoms with Crippen LogP contribution >= 0.6 is 15.9 Å². The standard InChI is InChI=1S/C13H14BrN7/c1-8-9(2)19-13-17-7-18-21(13)12(8)20(3)6-11-15-4-10(14)5-16-11/h4-5,7H,6H2,1-3H3. The third-order valence-corrected chi connectivity index (χ3v) is 3.70. The second kappa shape index (κ2) is 5.36. The predicted molar refractivity (Wildman–Crippen MR) is 82.1 cm³/mol. The number of rotatable bonds is 3. The highest BCUT2D eigenvalue weighted by Gasteiger charge is 2.15. The molecule has 0 amide bonds. The number of nitrogens with zero attached hydrogens (tertiary/aromatic N) is 7. The molecule has 3 rings (SSSR count). The van der Waals surface area contributed by atoms with Gasteiger partial charge in [0.2, 0.25) is 0 Å². The van der Waals surface area contributed by atoms with Gasteiger partial charge in [-0.15, -0.1) is 0 Å². The van der Waals surface area contributed by atoms with Crippen LogP contribution in [-0.4, -0.2) is 36.6 Å². The van der Waals surface area contributed by atoms with Crippen LogP contribution in [0.4, 0.5) is 5.82 Å². The average molecular weight is 348 g/mol. The fourth-order valence-corrected chi connectivity index (χ4v) is 2.38. The molecule has 0 radical (unpaired) electrons. The molecular weight excluding hydrogens is 334 g/mol. The van der Waals surface area contributed by atoms with E-state index in [1.54, 1.807) is 16.9 Å². The molecular formula is C13H14BrN7. The first kappa shape index (κ1) is 13.9. The third kappa shape index (κ3) is 2.58. The molecule has 0 bridgehead atoms. The second-order valence-electron chi connectivity index (χ2n) is 4.79. The first-order chi connectivity index (χ1) is 10.1. The van der Waals surface area contributed by atoms with Crippen molar-refractivity contribution in [3.8, 4) is 0 Å². The van der Waals surface area contributed by atoms with Crippen LogP contribution in [-0.2, 0) is 6.54 Å². The van der Waals surface area contributed by atoms with E-state index in [0.717, 1.165) is 27.4 Å². The van der Waals surface area contributed by atoms with Crippen molar-refractivity contribution in [2.45, 2.75) is 20.4 Å². The van der Waals surface area contributed by atoms with E-state index in [2.05, 4.69) is 45.9 Å². The van der Waals surface area contributed by atoms with Gasteiger partial charge in [-0.05, 0) is 29.8 Å². The minimum atomic E-state index is 0.576. The van der Waals surface area contributed by atoms with Crippen LogP contribution in [0.1, 0.15) is 17.1 Å². The van der Waals surface area contributed by atoms with Crippen LogP contribution in [0.3, 0.4) is 0 Å². The fraction of sp³-hybridized carbons (Fsp3) is 0.308. The van der Waals surface area contributed by atoms with Crippen molar-refractivity contribution in [2.24, 2.45) is 0 Å². The van der Waals surface area contributed by atoms with Crippen molar-refractivity contribution in [1.82, 2.24) is 29.5 Å². The van der Waals surface area contributed by atoms with E-state index in [9.17, 15) is 0 Å². The van der Waals surface area contributed by atoms with Crippen molar-refractivity contribution >= 4 is 27.5 Å².